The van der Waals surface area contributed by atoms with Gasteiger partial charge in [-0.05, 0) is 31.5 Å². The summed E-state index contributed by atoms with van der Waals surface area (Å²) >= 11 is 0.956. The van der Waals surface area contributed by atoms with E-state index in [9.17, 15) is 19.5 Å². The van der Waals surface area contributed by atoms with Gasteiger partial charge in [-0.2, -0.15) is 0 Å². The largest absolute Gasteiger partial charge is 0.505 e. The van der Waals surface area contributed by atoms with Gasteiger partial charge >= 0.3 is 11.9 Å². The number of esters is 1. The summed E-state index contributed by atoms with van der Waals surface area (Å²) in [5.74, 6) is -2.62. The van der Waals surface area contributed by atoms with Gasteiger partial charge in [-0.1, -0.05) is 47.7 Å². The third-order valence-corrected chi connectivity index (χ3v) is 6.99. The number of hydrogen-bond donors (Lipinski definition) is 1. The number of aromatic nitrogens is 3. The van der Waals surface area contributed by atoms with Crippen molar-refractivity contribution in [1.29, 1.82) is 0 Å². The van der Waals surface area contributed by atoms with Gasteiger partial charge in [0.1, 0.15) is 16.2 Å². The second-order valence-corrected chi connectivity index (χ2v) is 8.93. The Balaban J connectivity index is 1.76. The van der Waals surface area contributed by atoms with Gasteiger partial charge in [0.15, 0.2) is 10.9 Å². The number of hydrogen-bond acceptors (Lipinski definition) is 8. The lowest BCUT2D eigenvalue weighted by Gasteiger charge is -2.22. The summed E-state index contributed by atoms with van der Waals surface area (Å²) in [6.45, 7) is 3.35. The Morgan fingerprint density at radius 3 is 2.46 bits per heavy atom. The summed E-state index contributed by atoms with van der Waals surface area (Å²) < 4.78 is 6.49. The van der Waals surface area contributed by atoms with Crippen LogP contribution in [-0.4, -0.2) is 44.2 Å². The van der Waals surface area contributed by atoms with Crippen LogP contribution in [0.15, 0.2) is 60.3 Å². The van der Waals surface area contributed by atoms with Crippen LogP contribution >= 0.6 is 11.3 Å². The highest BCUT2D eigenvalue weighted by Gasteiger charge is 2.48. The fourth-order valence-corrected chi connectivity index (χ4v) is 5.29. The number of Topliss-reactive ketones (excluding diaryl/α,β-unsaturated/α-hetero) is 1. The molecule has 4 heterocycles. The number of benzene rings is 1. The zero-order valence-corrected chi connectivity index (χ0v) is 19.9. The van der Waals surface area contributed by atoms with E-state index in [-0.39, 0.29) is 21.3 Å². The number of imidazole rings is 1. The number of pyridine rings is 1. The van der Waals surface area contributed by atoms with Crippen molar-refractivity contribution in [2.24, 2.45) is 0 Å². The normalized spacial score (nSPS) is 17.3. The second-order valence-electron chi connectivity index (χ2n) is 7.96. The van der Waals surface area contributed by atoms with E-state index in [1.165, 1.54) is 12.0 Å². The third kappa shape index (κ3) is 3.50. The molecule has 1 unspecified atom stereocenters. The average molecular weight is 489 g/mol. The molecule has 4 aromatic rings. The van der Waals surface area contributed by atoms with Crippen LogP contribution in [0.25, 0.3) is 11.4 Å². The molecule has 0 aliphatic carbocycles. The molecule has 10 heteroatoms. The molecule has 0 spiro atoms. The van der Waals surface area contributed by atoms with E-state index in [4.69, 9.17) is 4.74 Å². The number of ketones is 1. The molecule has 9 nitrogen and oxygen atoms in total. The van der Waals surface area contributed by atoms with E-state index in [2.05, 4.69) is 9.97 Å². The lowest BCUT2D eigenvalue weighted by molar-refractivity contribution is -0.132. The number of fused-ring (bicyclic) bond motifs is 1. The maximum Gasteiger partial charge on any atom is 0.350 e. The molecular formula is C25H20N4O5S. The number of anilines is 1. The molecule has 0 radical (unpaired) electrons. The molecular weight excluding hydrogens is 468 g/mol. The van der Waals surface area contributed by atoms with E-state index in [1.807, 2.05) is 12.1 Å². The number of aliphatic hydroxyl groups is 1. The van der Waals surface area contributed by atoms with Crippen LogP contribution in [0.5, 0.6) is 0 Å². The van der Waals surface area contributed by atoms with E-state index < -0.39 is 23.7 Å². The van der Waals surface area contributed by atoms with E-state index in [1.54, 1.807) is 60.8 Å². The maximum absolute atomic E-state index is 13.4. The zero-order chi connectivity index (χ0) is 24.9. The minimum Gasteiger partial charge on any atom is -0.505 e. The number of carbonyl (C=O) groups is 3. The molecule has 3 aromatic heterocycles. The monoisotopic (exact) mass is 488 g/mol. The lowest BCUT2D eigenvalue weighted by Crippen LogP contribution is -2.29. The van der Waals surface area contributed by atoms with Gasteiger partial charge in [0, 0.05) is 6.20 Å². The highest BCUT2D eigenvalue weighted by molar-refractivity contribution is 7.17. The number of methoxy groups -OCH3 is 1. The molecule has 0 bridgehead atoms. The number of rotatable bonds is 4. The first kappa shape index (κ1) is 22.5. The highest BCUT2D eigenvalue weighted by Crippen LogP contribution is 2.44. The Morgan fingerprint density at radius 1 is 1.03 bits per heavy atom. The van der Waals surface area contributed by atoms with E-state index >= 15 is 0 Å². The van der Waals surface area contributed by atoms with Crippen molar-refractivity contribution >= 4 is 45.5 Å². The SMILES string of the molecule is COC(=O)c1sc(N2C(=O)C(=O)/C(=C(/O)c3c(C)nc4ccccn34)C2c2ccccc2)nc1C. The predicted octanol–water partition coefficient (Wildman–Crippen LogP) is 3.82. The zero-order valence-electron chi connectivity index (χ0n) is 19.1. The van der Waals surface area contributed by atoms with Gasteiger partial charge in [-0.25, -0.2) is 14.8 Å². The first-order valence-electron chi connectivity index (χ1n) is 10.7. The molecule has 1 aliphatic heterocycles. The fourth-order valence-electron chi connectivity index (χ4n) is 4.27. The molecule has 1 aliphatic rings. The van der Waals surface area contributed by atoms with Crippen LogP contribution in [0.3, 0.4) is 0 Å². The molecule has 1 N–H and O–H groups in total. The van der Waals surface area contributed by atoms with Gasteiger partial charge in [0.05, 0.1) is 30.1 Å². The van der Waals surface area contributed by atoms with Crippen LogP contribution in [0.4, 0.5) is 5.13 Å². The van der Waals surface area contributed by atoms with Gasteiger partial charge in [0.25, 0.3) is 5.78 Å². The van der Waals surface area contributed by atoms with Crippen molar-refractivity contribution in [2.75, 3.05) is 12.0 Å². The Kier molecular flexibility index (Phi) is 5.45. The van der Waals surface area contributed by atoms with E-state index in [0.717, 1.165) is 11.3 Å². The molecule has 1 amide bonds. The van der Waals surface area contributed by atoms with Crippen LogP contribution < -0.4 is 4.90 Å². The molecule has 1 atom stereocenters. The summed E-state index contributed by atoms with van der Waals surface area (Å²) in [7, 11) is 1.26. The van der Waals surface area contributed by atoms with Gasteiger partial charge < -0.3 is 9.84 Å². The number of nitrogens with zero attached hydrogens (tertiary/aromatic N) is 4. The van der Waals surface area contributed by atoms with Crippen molar-refractivity contribution < 1.29 is 24.2 Å². The Labute approximate surface area is 203 Å². The number of carbonyl (C=O) groups excluding carboxylic acids is 3. The van der Waals surface area contributed by atoms with Gasteiger partial charge in [-0.3, -0.25) is 18.9 Å². The van der Waals surface area contributed by atoms with Crippen LogP contribution in [0.1, 0.15) is 38.4 Å². The van der Waals surface area contributed by atoms with Crippen molar-refractivity contribution in [3.63, 3.8) is 0 Å². The Bertz CT molecular complexity index is 1540. The first-order valence-corrected chi connectivity index (χ1v) is 11.5. The summed E-state index contributed by atoms with van der Waals surface area (Å²) in [6, 6.07) is 13.3. The van der Waals surface area contributed by atoms with Crippen molar-refractivity contribution in [2.45, 2.75) is 19.9 Å². The molecule has 1 fully saturated rings. The van der Waals surface area contributed by atoms with Crippen LogP contribution in [-0.2, 0) is 14.3 Å². The van der Waals surface area contributed by atoms with Gasteiger partial charge in [0.2, 0.25) is 0 Å². The van der Waals surface area contributed by atoms with Crippen molar-refractivity contribution in [1.82, 2.24) is 14.4 Å². The quantitative estimate of drug-likeness (QED) is 0.201. The van der Waals surface area contributed by atoms with Gasteiger partial charge in [-0.15, -0.1) is 0 Å². The average Bonchev–Trinajstić information content (AvgIpc) is 3.49. The molecule has 5 rings (SSSR count). The smallest absolute Gasteiger partial charge is 0.350 e. The second kappa shape index (κ2) is 8.48. The number of aryl methyl sites for hydroxylation is 2. The number of aliphatic hydroxyl groups excluding tert-OH is 1. The Hall–Kier alpha value is -4.31. The fraction of sp³-hybridized carbons (Fsp3) is 0.160. The van der Waals surface area contributed by atoms with Crippen molar-refractivity contribution in [3.05, 3.63) is 87.8 Å². The number of ether oxygens (including phenoxy) is 1. The molecule has 176 valence electrons. The molecule has 0 saturated carbocycles. The molecule has 1 saturated heterocycles. The third-order valence-electron chi connectivity index (χ3n) is 5.85. The summed E-state index contributed by atoms with van der Waals surface area (Å²) in [6.07, 6.45) is 1.73. The minimum atomic E-state index is -0.957. The minimum absolute atomic E-state index is 0.0811. The van der Waals surface area contributed by atoms with Crippen LogP contribution in [0, 0.1) is 13.8 Å². The standard InChI is InChI=1S/C25H20N4O5S/c1-13-18(28-12-8-7-11-16(28)26-13)20(30)17-19(15-9-5-4-6-10-15)29(23(32)21(17)31)25-27-14(2)22(35-25)24(33)34-3/h4-12,19,30H,1-3H3/b20-17+. The van der Waals surface area contributed by atoms with Crippen molar-refractivity contribution in [3.8, 4) is 0 Å². The topological polar surface area (TPSA) is 114 Å². The first-order chi connectivity index (χ1) is 16.8. The number of thiazole rings is 1. The summed E-state index contributed by atoms with van der Waals surface area (Å²) in [4.78, 5) is 49.2. The summed E-state index contributed by atoms with van der Waals surface area (Å²) in [5, 5.41) is 11.6. The van der Waals surface area contributed by atoms with E-state index in [0.29, 0.717) is 28.3 Å². The maximum atomic E-state index is 13.4. The van der Waals surface area contributed by atoms with Crippen LogP contribution in [0.2, 0.25) is 0 Å². The lowest BCUT2D eigenvalue weighted by atomic mass is 9.96. The summed E-state index contributed by atoms with van der Waals surface area (Å²) in [5.41, 5.74) is 2.32. The molecule has 35 heavy (non-hydrogen) atoms. The predicted molar refractivity (Wildman–Crippen MR) is 129 cm³/mol. The molecule has 1 aromatic carbocycles. The number of amides is 1. The highest BCUT2D eigenvalue weighted by atomic mass is 32.1. The Morgan fingerprint density at radius 2 is 1.74 bits per heavy atom.